The van der Waals surface area contributed by atoms with Crippen molar-refractivity contribution in [3.8, 4) is 11.3 Å². The van der Waals surface area contributed by atoms with Gasteiger partial charge in [-0.1, -0.05) is 17.3 Å². The molecule has 4 aromatic heterocycles. The van der Waals surface area contributed by atoms with Crippen LogP contribution in [0.1, 0.15) is 17.6 Å². The lowest BCUT2D eigenvalue weighted by molar-refractivity contribution is 0.363. The molecule has 0 amide bonds. The fraction of sp³-hybridized carbons (Fsp3) is 0.304. The summed E-state index contributed by atoms with van der Waals surface area (Å²) in [6.45, 7) is 2.07. The molecule has 34 heavy (non-hydrogen) atoms. The van der Waals surface area contributed by atoms with Gasteiger partial charge >= 0.3 is 0 Å². The molecule has 170 valence electrons. The lowest BCUT2D eigenvalue weighted by Crippen LogP contribution is -2.23. The fourth-order valence-electron chi connectivity index (χ4n) is 5.13. The van der Waals surface area contributed by atoms with Gasteiger partial charge in [-0.25, -0.2) is 15.0 Å². The number of aromatic nitrogens is 7. The number of nitrogens with zero attached hydrogens (tertiary/aromatic N) is 8. The average molecular weight is 456 g/mol. The molecule has 0 unspecified atom stereocenters. The summed E-state index contributed by atoms with van der Waals surface area (Å²) in [6, 6.07) is 8.33. The van der Waals surface area contributed by atoms with Gasteiger partial charge in [0.15, 0.2) is 29.1 Å². The number of hydrogen-bond acceptors (Lipinski definition) is 9. The third-order valence-electron chi connectivity index (χ3n) is 6.91. The fourth-order valence-corrected chi connectivity index (χ4v) is 5.13. The van der Waals surface area contributed by atoms with Crippen molar-refractivity contribution in [2.75, 3.05) is 18.0 Å². The van der Waals surface area contributed by atoms with E-state index in [1.54, 1.807) is 24.1 Å². The maximum atomic E-state index is 12.8. The first-order valence-corrected chi connectivity index (χ1v) is 11.1. The van der Waals surface area contributed by atoms with Crippen molar-refractivity contribution in [2.24, 2.45) is 18.9 Å². The first-order valence-electron chi connectivity index (χ1n) is 11.1. The lowest BCUT2D eigenvalue weighted by Gasteiger charge is -2.22. The molecule has 1 aromatic carbocycles. The number of aryl methyl sites for hydroxylation is 1. The molecule has 1 saturated carbocycles. The van der Waals surface area contributed by atoms with Crippen molar-refractivity contribution in [2.45, 2.75) is 12.5 Å². The number of anilines is 1. The highest BCUT2D eigenvalue weighted by Crippen LogP contribution is 2.58. The standard InChI is InChI=1S/C23H20N8O3/c1-29-10-25-22-20(29)23(32)31(11-26-22)9-18-27-21(28-34-18)19-15-7-30(8-16(15)19)14-4-2-3-13(5-14)17-6-24-12-33-17/h2-6,10-12,15-16,19H,7-9H2,1H3/t15-,16+,19+. The first kappa shape index (κ1) is 19.2. The van der Waals surface area contributed by atoms with Crippen LogP contribution in [0, 0.1) is 11.8 Å². The predicted molar refractivity (Wildman–Crippen MR) is 120 cm³/mol. The van der Waals surface area contributed by atoms with Crippen LogP contribution in [-0.2, 0) is 13.6 Å². The Morgan fingerprint density at radius 3 is 2.82 bits per heavy atom. The van der Waals surface area contributed by atoms with Crippen molar-refractivity contribution in [3.63, 3.8) is 0 Å². The molecule has 2 fully saturated rings. The second kappa shape index (κ2) is 7.11. The molecule has 11 nitrogen and oxygen atoms in total. The van der Waals surface area contributed by atoms with Gasteiger partial charge in [0.1, 0.15) is 12.9 Å². The van der Waals surface area contributed by atoms with E-state index in [1.807, 2.05) is 12.1 Å². The van der Waals surface area contributed by atoms with E-state index < -0.39 is 0 Å². The molecule has 11 heteroatoms. The maximum absolute atomic E-state index is 12.8. The molecule has 0 spiro atoms. The van der Waals surface area contributed by atoms with Crippen LogP contribution in [0.5, 0.6) is 0 Å². The Morgan fingerprint density at radius 1 is 1.15 bits per heavy atom. The molecular weight excluding hydrogens is 436 g/mol. The summed E-state index contributed by atoms with van der Waals surface area (Å²) in [4.78, 5) is 32.1. The molecule has 1 saturated heterocycles. The van der Waals surface area contributed by atoms with Gasteiger partial charge in [0.05, 0.1) is 12.5 Å². The Balaban J connectivity index is 1.05. The van der Waals surface area contributed by atoms with E-state index in [1.165, 1.54) is 23.0 Å². The minimum absolute atomic E-state index is 0.183. The van der Waals surface area contributed by atoms with Crippen molar-refractivity contribution in [1.29, 1.82) is 0 Å². The molecule has 0 radical (unpaired) electrons. The van der Waals surface area contributed by atoms with E-state index >= 15 is 0 Å². The quantitative estimate of drug-likeness (QED) is 0.391. The molecule has 0 N–H and O–H groups in total. The summed E-state index contributed by atoms with van der Waals surface area (Å²) < 4.78 is 14.0. The smallest absolute Gasteiger partial charge is 0.280 e. The highest BCUT2D eigenvalue weighted by molar-refractivity contribution is 5.69. The first-order chi connectivity index (χ1) is 16.7. The molecule has 5 heterocycles. The van der Waals surface area contributed by atoms with Crippen LogP contribution < -0.4 is 10.5 Å². The molecular formula is C23H20N8O3. The number of benzene rings is 1. The topological polar surface area (TPSA) is 121 Å². The van der Waals surface area contributed by atoms with E-state index in [9.17, 15) is 4.79 Å². The summed E-state index contributed by atoms with van der Waals surface area (Å²) in [5.74, 6) is 3.18. The van der Waals surface area contributed by atoms with Crippen LogP contribution in [0.15, 0.2) is 63.2 Å². The summed E-state index contributed by atoms with van der Waals surface area (Å²) in [7, 11) is 1.77. The van der Waals surface area contributed by atoms with E-state index in [-0.39, 0.29) is 12.1 Å². The van der Waals surface area contributed by atoms with Gasteiger partial charge < -0.3 is 18.4 Å². The average Bonchev–Trinajstić information content (AvgIpc) is 3.47. The number of piperidine rings is 1. The second-order valence-electron chi connectivity index (χ2n) is 8.93. The number of fused-ring (bicyclic) bond motifs is 2. The predicted octanol–water partition coefficient (Wildman–Crippen LogP) is 2.07. The Labute approximate surface area is 192 Å². The Bertz CT molecular complexity index is 1550. The van der Waals surface area contributed by atoms with Crippen LogP contribution in [0.2, 0.25) is 0 Å². The zero-order chi connectivity index (χ0) is 22.8. The van der Waals surface area contributed by atoms with Crippen LogP contribution in [0.3, 0.4) is 0 Å². The van der Waals surface area contributed by atoms with E-state index in [0.717, 1.165) is 30.2 Å². The molecule has 5 aromatic rings. The summed E-state index contributed by atoms with van der Waals surface area (Å²) in [5.41, 5.74) is 2.88. The molecule has 1 aliphatic carbocycles. The van der Waals surface area contributed by atoms with Crippen LogP contribution >= 0.6 is 0 Å². The number of imidazole rings is 1. The third-order valence-corrected chi connectivity index (χ3v) is 6.91. The van der Waals surface area contributed by atoms with E-state index in [0.29, 0.717) is 34.8 Å². The van der Waals surface area contributed by atoms with Crippen LogP contribution in [-0.4, -0.2) is 47.3 Å². The van der Waals surface area contributed by atoms with Crippen LogP contribution in [0.25, 0.3) is 22.5 Å². The zero-order valence-electron chi connectivity index (χ0n) is 18.3. The van der Waals surface area contributed by atoms with Crippen LogP contribution in [0.4, 0.5) is 5.69 Å². The SMILES string of the molecule is Cn1cnc2ncn(Cc3nc([C@H]4[C@@H]5CN(c6cccc(-c7cnco7)c6)C[C@@H]54)no3)c(=O)c21. The largest absolute Gasteiger partial charge is 0.444 e. The van der Waals surface area contributed by atoms with Crippen molar-refractivity contribution in [3.05, 3.63) is 71.6 Å². The molecule has 2 aliphatic rings. The number of rotatable bonds is 5. The van der Waals surface area contributed by atoms with Crippen molar-refractivity contribution >= 4 is 16.9 Å². The molecule has 1 aliphatic heterocycles. The number of oxazole rings is 1. The van der Waals surface area contributed by atoms with Gasteiger partial charge in [0.2, 0.25) is 5.89 Å². The lowest BCUT2D eigenvalue weighted by atomic mass is 10.1. The molecule has 3 atom stereocenters. The number of hydrogen-bond donors (Lipinski definition) is 0. The maximum Gasteiger partial charge on any atom is 0.280 e. The van der Waals surface area contributed by atoms with Gasteiger partial charge in [-0.05, 0) is 24.0 Å². The highest BCUT2D eigenvalue weighted by atomic mass is 16.5. The molecule has 0 bridgehead atoms. The van der Waals surface area contributed by atoms with E-state index in [4.69, 9.17) is 8.94 Å². The van der Waals surface area contributed by atoms with Gasteiger partial charge in [-0.3, -0.25) is 9.36 Å². The minimum atomic E-state index is -0.184. The Hall–Kier alpha value is -4.28. The highest BCUT2D eigenvalue weighted by Gasteiger charge is 2.58. The van der Waals surface area contributed by atoms with Gasteiger partial charge in [-0.15, -0.1) is 0 Å². The Kier molecular flexibility index (Phi) is 4.02. The summed E-state index contributed by atoms with van der Waals surface area (Å²) in [6.07, 6.45) is 6.22. The normalized spacial score (nSPS) is 21.3. The minimum Gasteiger partial charge on any atom is -0.444 e. The summed E-state index contributed by atoms with van der Waals surface area (Å²) >= 11 is 0. The van der Waals surface area contributed by atoms with Gasteiger partial charge in [-0.2, -0.15) is 4.98 Å². The van der Waals surface area contributed by atoms with E-state index in [2.05, 4.69) is 42.1 Å². The van der Waals surface area contributed by atoms with Crippen molar-refractivity contribution in [1.82, 2.24) is 34.2 Å². The van der Waals surface area contributed by atoms with Gasteiger partial charge in [0, 0.05) is 37.3 Å². The monoisotopic (exact) mass is 456 g/mol. The zero-order valence-corrected chi connectivity index (χ0v) is 18.3. The second-order valence-corrected chi connectivity index (χ2v) is 8.93. The summed E-state index contributed by atoms with van der Waals surface area (Å²) in [5, 5.41) is 4.22. The van der Waals surface area contributed by atoms with Gasteiger partial charge in [0.25, 0.3) is 5.56 Å². The molecule has 7 rings (SSSR count). The third kappa shape index (κ3) is 2.96. The Morgan fingerprint density at radius 2 is 2.00 bits per heavy atom. The van der Waals surface area contributed by atoms with Crippen molar-refractivity contribution < 1.29 is 8.94 Å².